The van der Waals surface area contributed by atoms with Crippen LogP contribution in [-0.4, -0.2) is 22.9 Å². The molecule has 0 fully saturated rings. The average Bonchev–Trinajstić information content (AvgIpc) is 2.26. The van der Waals surface area contributed by atoms with Crippen LogP contribution in [0.2, 0.25) is 0 Å². The van der Waals surface area contributed by atoms with Crippen molar-refractivity contribution in [1.82, 2.24) is 0 Å². The van der Waals surface area contributed by atoms with E-state index >= 15 is 0 Å². The number of carboxylic acid groups (broad SMARTS) is 1. The molecule has 1 aromatic rings. The van der Waals surface area contributed by atoms with E-state index in [1.807, 2.05) is 0 Å². The van der Waals surface area contributed by atoms with Crippen molar-refractivity contribution in [3.05, 3.63) is 35.4 Å². The summed E-state index contributed by atoms with van der Waals surface area (Å²) in [5.41, 5.74) is 4.39. The number of carbonyl (C=O) groups is 2. The zero-order chi connectivity index (χ0) is 13.9. The lowest BCUT2D eigenvalue weighted by molar-refractivity contribution is -0.138. The smallest absolute Gasteiger partial charge is 0.416 e. The maximum Gasteiger partial charge on any atom is 0.416 e. The van der Waals surface area contributed by atoms with Gasteiger partial charge in [0.15, 0.2) is 5.78 Å². The molecule has 0 heterocycles. The summed E-state index contributed by atoms with van der Waals surface area (Å²) in [6, 6.07) is 2.19. The lowest BCUT2D eigenvalue weighted by Crippen LogP contribution is -2.32. The summed E-state index contributed by atoms with van der Waals surface area (Å²) in [5.74, 6) is -1.95. The topological polar surface area (TPSA) is 80.4 Å². The van der Waals surface area contributed by atoms with Crippen molar-refractivity contribution in [2.75, 3.05) is 0 Å². The van der Waals surface area contributed by atoms with Crippen LogP contribution in [0, 0.1) is 0 Å². The highest BCUT2D eigenvalue weighted by Crippen LogP contribution is 2.29. The molecule has 0 amide bonds. The van der Waals surface area contributed by atoms with E-state index in [9.17, 15) is 22.8 Å². The predicted molar refractivity (Wildman–Crippen MR) is 56.0 cm³/mol. The van der Waals surface area contributed by atoms with Crippen molar-refractivity contribution in [3.63, 3.8) is 0 Å². The molecule has 18 heavy (non-hydrogen) atoms. The Morgan fingerprint density at radius 3 is 2.11 bits per heavy atom. The van der Waals surface area contributed by atoms with E-state index in [0.717, 1.165) is 24.3 Å². The third-order valence-corrected chi connectivity index (χ3v) is 2.23. The first-order valence-electron chi connectivity index (χ1n) is 4.90. The molecular formula is C11H10F3NO3. The molecule has 0 aromatic heterocycles. The van der Waals surface area contributed by atoms with Crippen molar-refractivity contribution in [3.8, 4) is 0 Å². The summed E-state index contributed by atoms with van der Waals surface area (Å²) in [6.07, 6.45) is -5.05. The van der Waals surface area contributed by atoms with Gasteiger partial charge in [-0.25, -0.2) is 0 Å². The molecule has 3 N–H and O–H groups in total. The van der Waals surface area contributed by atoms with Gasteiger partial charge in [0.2, 0.25) is 0 Å². The van der Waals surface area contributed by atoms with E-state index in [2.05, 4.69) is 0 Å². The lowest BCUT2D eigenvalue weighted by Gasteiger charge is -2.10. The maximum absolute atomic E-state index is 12.3. The molecule has 1 unspecified atom stereocenters. The van der Waals surface area contributed by atoms with Gasteiger partial charge in [-0.05, 0) is 12.1 Å². The van der Waals surface area contributed by atoms with E-state index in [0.29, 0.717) is 0 Å². The van der Waals surface area contributed by atoms with Gasteiger partial charge >= 0.3 is 12.1 Å². The Morgan fingerprint density at radius 1 is 1.22 bits per heavy atom. The van der Waals surface area contributed by atoms with Crippen LogP contribution in [0.5, 0.6) is 0 Å². The zero-order valence-electron chi connectivity index (χ0n) is 9.07. The van der Waals surface area contributed by atoms with Crippen molar-refractivity contribution in [2.45, 2.75) is 18.6 Å². The Hall–Kier alpha value is -1.89. The number of benzene rings is 1. The van der Waals surface area contributed by atoms with Gasteiger partial charge in [-0.15, -0.1) is 0 Å². The fourth-order valence-corrected chi connectivity index (χ4v) is 1.32. The number of Topliss-reactive ketones (excluding diaryl/α,β-unsaturated/α-hetero) is 1. The Labute approximate surface area is 100 Å². The van der Waals surface area contributed by atoms with Gasteiger partial charge in [-0.2, -0.15) is 13.2 Å². The average molecular weight is 261 g/mol. The summed E-state index contributed by atoms with van der Waals surface area (Å²) in [4.78, 5) is 21.9. The molecule has 0 aliphatic rings. The van der Waals surface area contributed by atoms with Crippen LogP contribution in [0.1, 0.15) is 22.3 Å². The molecule has 98 valence electrons. The van der Waals surface area contributed by atoms with E-state index in [1.165, 1.54) is 0 Å². The molecule has 1 atom stereocenters. The van der Waals surface area contributed by atoms with Crippen LogP contribution in [0.3, 0.4) is 0 Å². The number of hydrogen-bond donors (Lipinski definition) is 2. The van der Waals surface area contributed by atoms with Crippen LogP contribution in [0.4, 0.5) is 13.2 Å². The van der Waals surface area contributed by atoms with Crippen molar-refractivity contribution < 1.29 is 27.9 Å². The Balaban J connectivity index is 2.85. The molecular weight excluding hydrogens is 251 g/mol. The van der Waals surface area contributed by atoms with E-state index in [-0.39, 0.29) is 5.56 Å². The molecule has 0 aliphatic carbocycles. The van der Waals surface area contributed by atoms with Gasteiger partial charge in [0.25, 0.3) is 0 Å². The normalized spacial score (nSPS) is 13.1. The standard InChI is InChI=1S/C11H10F3NO3/c12-11(13,14)7-3-1-6(2-4-7)10(18)8(15)5-9(16)17/h1-4,8H,5,15H2,(H,16,17). The highest BCUT2D eigenvalue weighted by molar-refractivity contribution is 6.01. The van der Waals surface area contributed by atoms with Crippen LogP contribution < -0.4 is 5.73 Å². The number of carbonyl (C=O) groups excluding carboxylic acids is 1. The zero-order valence-corrected chi connectivity index (χ0v) is 9.07. The van der Waals surface area contributed by atoms with E-state index in [4.69, 9.17) is 10.8 Å². The molecule has 0 saturated carbocycles. The Morgan fingerprint density at radius 2 is 1.72 bits per heavy atom. The molecule has 1 aromatic carbocycles. The van der Waals surface area contributed by atoms with Gasteiger partial charge in [-0.1, -0.05) is 12.1 Å². The minimum Gasteiger partial charge on any atom is -0.481 e. The first-order chi connectivity index (χ1) is 8.21. The molecule has 4 nitrogen and oxygen atoms in total. The van der Waals surface area contributed by atoms with Crippen molar-refractivity contribution in [2.24, 2.45) is 5.73 Å². The number of aliphatic carboxylic acids is 1. The first-order valence-corrected chi connectivity index (χ1v) is 4.90. The molecule has 0 aliphatic heterocycles. The summed E-state index contributed by atoms with van der Waals surface area (Å²) in [5, 5.41) is 8.45. The largest absolute Gasteiger partial charge is 0.481 e. The SMILES string of the molecule is NC(CC(=O)O)C(=O)c1ccc(C(F)(F)F)cc1. The highest BCUT2D eigenvalue weighted by atomic mass is 19.4. The van der Waals surface area contributed by atoms with Crippen LogP contribution in [0.15, 0.2) is 24.3 Å². The second-order valence-corrected chi connectivity index (χ2v) is 3.64. The molecule has 0 saturated heterocycles. The minimum atomic E-state index is -4.48. The molecule has 0 spiro atoms. The Kier molecular flexibility index (Phi) is 4.07. The minimum absolute atomic E-state index is 0.0447. The van der Waals surface area contributed by atoms with Crippen molar-refractivity contribution >= 4 is 11.8 Å². The van der Waals surface area contributed by atoms with Crippen LogP contribution >= 0.6 is 0 Å². The van der Waals surface area contributed by atoms with Gasteiger partial charge < -0.3 is 10.8 Å². The third-order valence-electron chi connectivity index (χ3n) is 2.23. The number of carboxylic acids is 1. The lowest BCUT2D eigenvalue weighted by atomic mass is 10.0. The monoisotopic (exact) mass is 261 g/mol. The number of hydrogen-bond acceptors (Lipinski definition) is 3. The predicted octanol–water partition coefficient (Wildman–Crippen LogP) is 1.69. The number of alkyl halides is 3. The Bertz CT molecular complexity index is 454. The fourth-order valence-electron chi connectivity index (χ4n) is 1.32. The number of halogens is 3. The van der Waals surface area contributed by atoms with E-state index in [1.54, 1.807) is 0 Å². The van der Waals surface area contributed by atoms with Gasteiger partial charge in [0.05, 0.1) is 18.0 Å². The second kappa shape index (κ2) is 5.18. The second-order valence-electron chi connectivity index (χ2n) is 3.64. The van der Waals surface area contributed by atoms with Crippen LogP contribution in [-0.2, 0) is 11.0 Å². The van der Waals surface area contributed by atoms with Gasteiger partial charge in [0.1, 0.15) is 0 Å². The summed E-state index contributed by atoms with van der Waals surface area (Å²) >= 11 is 0. The quantitative estimate of drug-likeness (QED) is 0.808. The summed E-state index contributed by atoms with van der Waals surface area (Å²) in [6.45, 7) is 0. The number of ketones is 1. The molecule has 1 rings (SSSR count). The fraction of sp³-hybridized carbons (Fsp3) is 0.273. The summed E-state index contributed by atoms with van der Waals surface area (Å²) < 4.78 is 36.8. The van der Waals surface area contributed by atoms with Gasteiger partial charge in [0, 0.05) is 5.56 Å². The van der Waals surface area contributed by atoms with Gasteiger partial charge in [-0.3, -0.25) is 9.59 Å². The molecule has 0 radical (unpaired) electrons. The summed E-state index contributed by atoms with van der Waals surface area (Å²) in [7, 11) is 0. The number of rotatable bonds is 4. The first kappa shape index (κ1) is 14.2. The highest BCUT2D eigenvalue weighted by Gasteiger charge is 2.30. The van der Waals surface area contributed by atoms with Crippen LogP contribution in [0.25, 0.3) is 0 Å². The third kappa shape index (κ3) is 3.56. The number of nitrogens with two attached hydrogens (primary N) is 1. The van der Waals surface area contributed by atoms with E-state index < -0.39 is 36.0 Å². The maximum atomic E-state index is 12.3. The molecule has 7 heteroatoms. The van der Waals surface area contributed by atoms with Crippen molar-refractivity contribution in [1.29, 1.82) is 0 Å². The molecule has 0 bridgehead atoms.